The molecule has 0 radical (unpaired) electrons. The standard InChI is InChI=1S/C27H17BN4/c1-2-8-18(9-3-1)28-21-12-6-16-31-25(21)27(26-22(28)13-7-17-32-26)19-10-4-14-29-23(19)24-20(27)11-5-15-30-24/h1-17H. The molecule has 0 saturated heterocycles. The number of rotatable bonds is 1. The third-order valence-corrected chi connectivity index (χ3v) is 6.79. The van der Waals surface area contributed by atoms with Crippen LogP contribution < -0.4 is 16.4 Å². The summed E-state index contributed by atoms with van der Waals surface area (Å²) in [7, 11) is 0. The van der Waals surface area contributed by atoms with Crippen molar-refractivity contribution in [3.05, 3.63) is 126 Å². The third-order valence-electron chi connectivity index (χ3n) is 6.79. The van der Waals surface area contributed by atoms with Crippen LogP contribution in [0.3, 0.4) is 0 Å². The molecule has 5 heterocycles. The van der Waals surface area contributed by atoms with E-state index in [1.54, 1.807) is 0 Å². The molecule has 2 aliphatic rings. The molecular weight excluding hydrogens is 391 g/mol. The highest BCUT2D eigenvalue weighted by atomic mass is 14.9. The maximum atomic E-state index is 5.03. The van der Waals surface area contributed by atoms with Gasteiger partial charge in [-0.15, -0.1) is 0 Å². The Labute approximate surface area is 186 Å². The normalized spacial score (nSPS) is 14.4. The summed E-state index contributed by atoms with van der Waals surface area (Å²) in [4.78, 5) is 19.6. The summed E-state index contributed by atoms with van der Waals surface area (Å²) in [6.07, 6.45) is 7.46. The van der Waals surface area contributed by atoms with E-state index in [1.165, 1.54) is 16.4 Å². The Kier molecular flexibility index (Phi) is 3.53. The van der Waals surface area contributed by atoms with Gasteiger partial charge >= 0.3 is 0 Å². The first kappa shape index (κ1) is 17.6. The van der Waals surface area contributed by atoms with Gasteiger partial charge in [0, 0.05) is 35.9 Å². The van der Waals surface area contributed by atoms with Crippen molar-refractivity contribution in [1.82, 2.24) is 19.9 Å². The molecule has 4 nitrogen and oxygen atoms in total. The van der Waals surface area contributed by atoms with E-state index >= 15 is 0 Å². The second-order valence-electron chi connectivity index (χ2n) is 8.28. The number of benzene rings is 1. The van der Waals surface area contributed by atoms with Gasteiger partial charge in [-0.05, 0) is 35.2 Å². The van der Waals surface area contributed by atoms with Gasteiger partial charge in [0.15, 0.2) is 0 Å². The zero-order chi connectivity index (χ0) is 21.1. The van der Waals surface area contributed by atoms with Crippen LogP contribution in [0.5, 0.6) is 0 Å². The van der Waals surface area contributed by atoms with Crippen molar-refractivity contribution in [2.24, 2.45) is 0 Å². The molecule has 1 spiro atoms. The molecule has 5 heteroatoms. The molecule has 0 N–H and O–H groups in total. The van der Waals surface area contributed by atoms with Crippen molar-refractivity contribution in [2.75, 3.05) is 0 Å². The number of fused-ring (bicyclic) bond motifs is 9. The molecule has 5 aromatic rings. The Morgan fingerprint density at radius 1 is 0.500 bits per heavy atom. The molecule has 0 bridgehead atoms. The Hall–Kier alpha value is -4.12. The SMILES string of the molecule is c1ccc(B2c3cccnc3C3(c4cccnc4-c4ncccc43)c3ncccc32)cc1. The van der Waals surface area contributed by atoms with Gasteiger partial charge in [0.25, 0.3) is 0 Å². The molecule has 7 rings (SSSR count). The molecule has 148 valence electrons. The van der Waals surface area contributed by atoms with E-state index in [-0.39, 0.29) is 6.71 Å². The van der Waals surface area contributed by atoms with Crippen LogP contribution in [0.2, 0.25) is 0 Å². The lowest BCUT2D eigenvalue weighted by Gasteiger charge is -2.39. The second kappa shape index (κ2) is 6.44. The minimum absolute atomic E-state index is 0.0649. The number of hydrogen-bond acceptors (Lipinski definition) is 4. The van der Waals surface area contributed by atoms with Gasteiger partial charge < -0.3 is 0 Å². The van der Waals surface area contributed by atoms with Crippen LogP contribution in [0, 0.1) is 0 Å². The average Bonchev–Trinajstić information content (AvgIpc) is 3.16. The van der Waals surface area contributed by atoms with Crippen LogP contribution in [-0.4, -0.2) is 26.6 Å². The highest BCUT2D eigenvalue weighted by Crippen LogP contribution is 2.53. The van der Waals surface area contributed by atoms with Crippen molar-refractivity contribution < 1.29 is 0 Å². The van der Waals surface area contributed by atoms with Gasteiger partial charge in [0.05, 0.1) is 22.8 Å². The van der Waals surface area contributed by atoms with Crippen LogP contribution in [0.15, 0.2) is 104 Å². The van der Waals surface area contributed by atoms with E-state index in [9.17, 15) is 0 Å². The minimum atomic E-state index is -0.633. The molecule has 1 aliphatic heterocycles. The lowest BCUT2D eigenvalue weighted by atomic mass is 9.32. The first-order valence-corrected chi connectivity index (χ1v) is 10.8. The van der Waals surface area contributed by atoms with E-state index in [1.807, 2.05) is 49.1 Å². The lowest BCUT2D eigenvalue weighted by Crippen LogP contribution is -2.62. The summed E-state index contributed by atoms with van der Waals surface area (Å²) in [5.74, 6) is 0. The molecule has 32 heavy (non-hydrogen) atoms. The molecular formula is C27H17BN4. The van der Waals surface area contributed by atoms with Gasteiger partial charge in [0.1, 0.15) is 5.41 Å². The zero-order valence-corrected chi connectivity index (χ0v) is 17.2. The summed E-state index contributed by atoms with van der Waals surface area (Å²) < 4.78 is 0. The molecule has 1 aliphatic carbocycles. The number of aromatic nitrogens is 4. The molecule has 0 atom stereocenters. The Bertz CT molecular complexity index is 1400. The summed E-state index contributed by atoms with van der Waals surface area (Å²) >= 11 is 0. The van der Waals surface area contributed by atoms with Crippen LogP contribution in [-0.2, 0) is 5.41 Å². The topological polar surface area (TPSA) is 51.6 Å². The van der Waals surface area contributed by atoms with Crippen LogP contribution in [0.25, 0.3) is 11.4 Å². The lowest BCUT2D eigenvalue weighted by molar-refractivity contribution is 0.710. The third kappa shape index (κ3) is 2.08. The minimum Gasteiger partial charge on any atom is -0.260 e. The first-order chi connectivity index (χ1) is 15.9. The maximum Gasteiger partial charge on any atom is 0.246 e. The highest BCUT2D eigenvalue weighted by molar-refractivity contribution is 6.96. The van der Waals surface area contributed by atoms with Gasteiger partial charge in [-0.25, -0.2) is 0 Å². The maximum absolute atomic E-state index is 5.03. The van der Waals surface area contributed by atoms with Crippen molar-refractivity contribution in [3.63, 3.8) is 0 Å². The summed E-state index contributed by atoms with van der Waals surface area (Å²) in [5.41, 5.74) is 9.05. The molecule has 0 fully saturated rings. The fourth-order valence-electron chi connectivity index (χ4n) is 5.66. The quantitative estimate of drug-likeness (QED) is 0.392. The summed E-state index contributed by atoms with van der Waals surface area (Å²) in [6.45, 7) is 0.0649. The predicted molar refractivity (Wildman–Crippen MR) is 126 cm³/mol. The van der Waals surface area contributed by atoms with Crippen LogP contribution in [0.1, 0.15) is 22.5 Å². The van der Waals surface area contributed by atoms with E-state index in [0.717, 1.165) is 33.9 Å². The molecule has 0 amide bonds. The number of hydrogen-bond donors (Lipinski definition) is 0. The fourth-order valence-corrected chi connectivity index (χ4v) is 5.66. The fraction of sp³-hybridized carbons (Fsp3) is 0.0370. The molecule has 0 unspecified atom stereocenters. The second-order valence-corrected chi connectivity index (χ2v) is 8.28. The van der Waals surface area contributed by atoms with E-state index in [4.69, 9.17) is 19.9 Å². The average molecular weight is 408 g/mol. The van der Waals surface area contributed by atoms with Gasteiger partial charge in [-0.2, -0.15) is 0 Å². The van der Waals surface area contributed by atoms with E-state index in [2.05, 4.69) is 54.6 Å². The van der Waals surface area contributed by atoms with Crippen molar-refractivity contribution >= 4 is 23.1 Å². The predicted octanol–water partition coefficient (Wildman–Crippen LogP) is 2.46. The highest BCUT2D eigenvalue weighted by Gasteiger charge is 2.55. The van der Waals surface area contributed by atoms with Gasteiger partial charge in [0.2, 0.25) is 6.71 Å². The summed E-state index contributed by atoms with van der Waals surface area (Å²) in [5, 5.41) is 0. The van der Waals surface area contributed by atoms with Gasteiger partial charge in [-0.1, -0.05) is 60.1 Å². The molecule has 1 aromatic carbocycles. The first-order valence-electron chi connectivity index (χ1n) is 10.8. The number of pyridine rings is 4. The largest absolute Gasteiger partial charge is 0.260 e. The Morgan fingerprint density at radius 2 is 1.00 bits per heavy atom. The van der Waals surface area contributed by atoms with E-state index in [0.29, 0.717) is 0 Å². The Morgan fingerprint density at radius 3 is 1.56 bits per heavy atom. The Balaban J connectivity index is 1.67. The smallest absolute Gasteiger partial charge is 0.246 e. The van der Waals surface area contributed by atoms with E-state index < -0.39 is 5.41 Å². The van der Waals surface area contributed by atoms with Crippen molar-refractivity contribution in [1.29, 1.82) is 0 Å². The zero-order valence-electron chi connectivity index (χ0n) is 17.2. The molecule has 0 saturated carbocycles. The van der Waals surface area contributed by atoms with Crippen molar-refractivity contribution in [2.45, 2.75) is 5.41 Å². The monoisotopic (exact) mass is 408 g/mol. The van der Waals surface area contributed by atoms with Gasteiger partial charge in [-0.3, -0.25) is 19.9 Å². The van der Waals surface area contributed by atoms with Crippen molar-refractivity contribution in [3.8, 4) is 11.4 Å². The summed E-state index contributed by atoms with van der Waals surface area (Å²) in [6, 6.07) is 27.4. The van der Waals surface area contributed by atoms with Crippen LogP contribution in [0.4, 0.5) is 0 Å². The van der Waals surface area contributed by atoms with Crippen LogP contribution >= 0.6 is 0 Å². The molecule has 4 aromatic heterocycles. The number of nitrogens with zero attached hydrogens (tertiary/aromatic N) is 4.